The van der Waals surface area contributed by atoms with Crippen LogP contribution in [-0.2, 0) is 20.9 Å². The average Bonchev–Trinajstić information content (AvgIpc) is 3.71. The molecule has 1 fully saturated rings. The van der Waals surface area contributed by atoms with Gasteiger partial charge in [0.25, 0.3) is 5.69 Å². The molecule has 2 aliphatic heterocycles. The number of aromatic nitrogens is 3. The van der Waals surface area contributed by atoms with Gasteiger partial charge in [-0.15, -0.1) is 11.3 Å². The number of nitro benzene ring substituents is 1. The molecule has 47 heavy (non-hydrogen) atoms. The van der Waals surface area contributed by atoms with Gasteiger partial charge in [0.05, 0.1) is 27.9 Å². The number of pyridine rings is 1. The van der Waals surface area contributed by atoms with Crippen molar-refractivity contribution in [3.05, 3.63) is 103 Å². The summed E-state index contributed by atoms with van der Waals surface area (Å²) in [6.07, 6.45) is 3.81. The van der Waals surface area contributed by atoms with Crippen LogP contribution in [0.2, 0.25) is 0 Å². The summed E-state index contributed by atoms with van der Waals surface area (Å²) in [5, 5.41) is 25.5. The molecule has 6 rings (SSSR count). The molecule has 1 N–H and O–H groups in total. The zero-order valence-electron chi connectivity index (χ0n) is 24.9. The van der Waals surface area contributed by atoms with Crippen molar-refractivity contribution in [3.63, 3.8) is 0 Å². The molecule has 4 atom stereocenters. The Morgan fingerprint density at radius 1 is 1.30 bits per heavy atom. The number of thioether (sulfide) groups is 1. The first kappa shape index (κ1) is 31.9. The highest BCUT2D eigenvalue weighted by atomic mass is 32.2. The monoisotopic (exact) mass is 674 g/mol. The Hall–Kier alpha value is -5.09. The molecule has 1 saturated heterocycles. The van der Waals surface area contributed by atoms with E-state index in [4.69, 9.17) is 10.3 Å². The summed E-state index contributed by atoms with van der Waals surface area (Å²) in [5.41, 5.74) is 10.2. The van der Waals surface area contributed by atoms with E-state index in [9.17, 15) is 29.6 Å². The van der Waals surface area contributed by atoms with E-state index in [1.165, 1.54) is 65.4 Å². The third-order valence-electron chi connectivity index (χ3n) is 8.06. The molecule has 1 amide bonds. The summed E-state index contributed by atoms with van der Waals surface area (Å²) in [5.74, 6) is -2.23. The molecular formula is C30H26N8O7S2. The molecule has 1 aromatic carbocycles. The Labute approximate surface area is 274 Å². The van der Waals surface area contributed by atoms with Gasteiger partial charge in [-0.1, -0.05) is 23.8 Å². The first-order valence-corrected chi connectivity index (χ1v) is 16.2. The summed E-state index contributed by atoms with van der Waals surface area (Å²) in [4.78, 5) is 65.1. The first-order chi connectivity index (χ1) is 22.6. The average molecular weight is 675 g/mol. The summed E-state index contributed by atoms with van der Waals surface area (Å²) >= 11 is 2.52. The summed E-state index contributed by atoms with van der Waals surface area (Å²) in [6, 6.07) is 8.37. The molecule has 240 valence electrons. The van der Waals surface area contributed by atoms with E-state index >= 15 is 0 Å². The van der Waals surface area contributed by atoms with E-state index < -0.39 is 34.9 Å². The van der Waals surface area contributed by atoms with Crippen LogP contribution in [0.15, 0.2) is 71.0 Å². The van der Waals surface area contributed by atoms with Gasteiger partial charge >= 0.3 is 5.97 Å². The van der Waals surface area contributed by atoms with Crippen LogP contribution >= 0.6 is 23.1 Å². The molecule has 5 heterocycles. The number of esters is 1. The number of ether oxygens (including phenoxy) is 1. The number of carbonyl (C=O) groups excluding carboxylic acids is 3. The number of nitro groups is 1. The number of non-ortho nitro benzene ring substituents is 1. The normalized spacial score (nSPS) is 19.3. The molecular weight excluding hydrogens is 649 g/mol. The number of azide groups is 1. The highest BCUT2D eigenvalue weighted by Gasteiger charge is 2.60. The van der Waals surface area contributed by atoms with Crippen LogP contribution in [0.25, 0.3) is 20.8 Å². The Kier molecular flexibility index (Phi) is 8.79. The van der Waals surface area contributed by atoms with Gasteiger partial charge in [0.1, 0.15) is 22.8 Å². The minimum absolute atomic E-state index is 0.0430. The number of hydrogen-bond donors (Lipinski definition) is 1. The summed E-state index contributed by atoms with van der Waals surface area (Å²) in [6.45, 7) is 3.41. The van der Waals surface area contributed by atoms with Gasteiger partial charge in [0, 0.05) is 65.0 Å². The van der Waals surface area contributed by atoms with Gasteiger partial charge in [-0.2, -0.15) is 0 Å². The maximum atomic E-state index is 13.8. The minimum atomic E-state index is -0.950. The van der Waals surface area contributed by atoms with Crippen LogP contribution in [0.5, 0.6) is 0 Å². The highest BCUT2D eigenvalue weighted by molar-refractivity contribution is 7.99. The molecule has 0 aliphatic carbocycles. The largest absolute Gasteiger partial charge is 0.456 e. The maximum Gasteiger partial charge on any atom is 0.355 e. The van der Waals surface area contributed by atoms with Gasteiger partial charge in [-0.05, 0) is 42.3 Å². The summed E-state index contributed by atoms with van der Waals surface area (Å²) < 4.78 is 7.39. The number of fused-ring (bicyclic) bond motifs is 2. The number of aliphatic hydroxyl groups excluding tert-OH is 1. The molecule has 0 spiro atoms. The minimum Gasteiger partial charge on any atom is -0.456 e. The van der Waals surface area contributed by atoms with Gasteiger partial charge in [0.2, 0.25) is 11.7 Å². The molecule has 0 saturated carbocycles. The van der Waals surface area contributed by atoms with Gasteiger partial charge in [-0.3, -0.25) is 29.1 Å². The van der Waals surface area contributed by atoms with Gasteiger partial charge in [0.15, 0.2) is 5.16 Å². The third-order valence-corrected chi connectivity index (χ3v) is 10.1. The van der Waals surface area contributed by atoms with E-state index in [0.717, 1.165) is 0 Å². The van der Waals surface area contributed by atoms with Crippen molar-refractivity contribution in [3.8, 4) is 0 Å². The number of benzene rings is 1. The fraction of sp³-hybridized carbons (Fsp3) is 0.300. The zero-order chi connectivity index (χ0) is 33.4. The lowest BCUT2D eigenvalue weighted by atomic mass is 9.77. The molecule has 17 heteroatoms. The number of carbonyl (C=O) groups is 3. The lowest BCUT2D eigenvalue weighted by Crippen LogP contribution is -2.63. The Balaban J connectivity index is 1.41. The predicted octanol–water partition coefficient (Wildman–Crippen LogP) is 4.64. The van der Waals surface area contributed by atoms with Crippen molar-refractivity contribution in [1.82, 2.24) is 19.3 Å². The smallest absolute Gasteiger partial charge is 0.355 e. The molecule has 0 unspecified atom stereocenters. The quantitative estimate of drug-likeness (QED) is 0.0210. The second-order valence-corrected chi connectivity index (χ2v) is 13.0. The third kappa shape index (κ3) is 5.74. The number of imidazole rings is 1. The molecule has 0 radical (unpaired) electrons. The predicted molar refractivity (Wildman–Crippen MR) is 170 cm³/mol. The van der Waals surface area contributed by atoms with Crippen LogP contribution < -0.4 is 0 Å². The van der Waals surface area contributed by atoms with Gasteiger partial charge < -0.3 is 14.7 Å². The van der Waals surface area contributed by atoms with E-state index in [1.54, 1.807) is 28.9 Å². The maximum absolute atomic E-state index is 13.8. The second kappa shape index (κ2) is 13.0. The molecule has 3 aromatic heterocycles. The number of aliphatic hydroxyl groups is 1. The van der Waals surface area contributed by atoms with Crippen molar-refractivity contribution >= 4 is 56.8 Å². The number of β-lactam (4-membered cyclic amide) rings is 1. The number of hydrogen-bond acceptors (Lipinski definition) is 12. The zero-order valence-corrected chi connectivity index (χ0v) is 26.6. The van der Waals surface area contributed by atoms with Crippen molar-refractivity contribution < 1.29 is 29.2 Å². The highest BCUT2D eigenvalue weighted by Crippen LogP contribution is 2.52. The van der Waals surface area contributed by atoms with Crippen LogP contribution in [0.4, 0.5) is 5.69 Å². The van der Waals surface area contributed by atoms with Crippen LogP contribution in [-0.4, -0.2) is 71.4 Å². The van der Waals surface area contributed by atoms with Gasteiger partial charge in [-0.25, -0.2) is 9.78 Å². The van der Waals surface area contributed by atoms with Crippen molar-refractivity contribution in [2.75, 3.05) is 12.3 Å². The Morgan fingerprint density at radius 3 is 2.72 bits per heavy atom. The van der Waals surface area contributed by atoms with E-state index in [0.29, 0.717) is 37.3 Å². The van der Waals surface area contributed by atoms with E-state index in [2.05, 4.69) is 20.0 Å². The number of nitrogens with zero attached hydrogens (tertiary/aromatic N) is 8. The standard InChI is InChI=1S/C30H26N8O7S2/c1-15-21(20-13-36-28(47-20)23(26(40)18-4-3-9-32-12-18)34-30(36)46-11-10-33-35-31)25(37-24(15)22(16(2)39)27(37)41)29(42)45-14-17-5-7-19(8-6-17)38(43)44/h3-9,12-13,15-16,22,24,39H,10-11,14H2,1-2H3/t15-,16+,22+,24+/m0/s1. The molecule has 4 aromatic rings. The topological polar surface area (TPSA) is 206 Å². The fourth-order valence-electron chi connectivity index (χ4n) is 5.90. The number of ketones is 1. The molecule has 2 aliphatic rings. The van der Waals surface area contributed by atoms with Crippen molar-refractivity contribution in [1.29, 1.82) is 0 Å². The van der Waals surface area contributed by atoms with Crippen molar-refractivity contribution in [2.45, 2.75) is 37.8 Å². The van der Waals surface area contributed by atoms with Crippen LogP contribution in [0, 0.1) is 22.0 Å². The fourth-order valence-corrected chi connectivity index (χ4v) is 7.99. The Bertz CT molecular complexity index is 1980. The van der Waals surface area contributed by atoms with E-state index in [-0.39, 0.29) is 41.9 Å². The van der Waals surface area contributed by atoms with E-state index in [1.807, 2.05) is 6.92 Å². The molecule has 15 nitrogen and oxygen atoms in total. The second-order valence-electron chi connectivity index (χ2n) is 10.9. The first-order valence-electron chi connectivity index (χ1n) is 14.4. The van der Waals surface area contributed by atoms with Crippen LogP contribution in [0.1, 0.15) is 40.3 Å². The lowest BCUT2D eigenvalue weighted by Gasteiger charge is -2.46. The number of thiazole rings is 1. The van der Waals surface area contributed by atoms with Crippen LogP contribution in [0.3, 0.4) is 0 Å². The summed E-state index contributed by atoms with van der Waals surface area (Å²) in [7, 11) is 0. The lowest BCUT2D eigenvalue weighted by molar-refractivity contribution is -0.384. The molecule has 0 bridgehead atoms. The van der Waals surface area contributed by atoms with Crippen molar-refractivity contribution in [2.24, 2.45) is 17.0 Å². The number of amides is 1. The Morgan fingerprint density at radius 2 is 2.06 bits per heavy atom. The SMILES string of the molecule is C[C@@H](O)[C@H]1C(=O)N2C(C(=O)OCc3ccc([N+](=O)[O-])cc3)=C(c3cn4c(SCCN=[N+]=[N-])nc(C(=O)c5cccnc5)c4s3)[C@H](C)[C@H]12. The number of rotatable bonds is 12.